The first-order valence-corrected chi connectivity index (χ1v) is 11.8. The highest BCUT2D eigenvalue weighted by Gasteiger charge is 2.27. The Kier molecular flexibility index (Phi) is 10.4. The Morgan fingerprint density at radius 1 is 1.09 bits per heavy atom. The Morgan fingerprint density at radius 3 is 2.30 bits per heavy atom. The Balaban J connectivity index is 0.00000385. The molecule has 0 aromatic heterocycles. The second-order valence-corrected chi connectivity index (χ2v) is 9.57. The second kappa shape index (κ2) is 12.5. The van der Waals surface area contributed by atoms with E-state index in [0.29, 0.717) is 11.7 Å². The van der Waals surface area contributed by atoms with Gasteiger partial charge in [-0.2, -0.15) is 0 Å². The molecule has 186 valence electrons. The number of ether oxygens (including phenoxy) is 1. The van der Waals surface area contributed by atoms with Gasteiger partial charge >= 0.3 is 6.09 Å². The Bertz CT molecular complexity index is 783. The molecule has 0 bridgehead atoms. The Labute approximate surface area is 215 Å². The fraction of sp³-hybridized carbons (Fsp3) is 0.667. The molecule has 2 fully saturated rings. The number of hydrogen-bond acceptors (Lipinski definition) is 5. The van der Waals surface area contributed by atoms with Gasteiger partial charge in [0.2, 0.25) is 0 Å². The summed E-state index contributed by atoms with van der Waals surface area (Å²) >= 11 is 0. The molecule has 0 atom stereocenters. The van der Waals surface area contributed by atoms with Gasteiger partial charge in [0.05, 0.1) is 5.69 Å². The van der Waals surface area contributed by atoms with Crippen LogP contribution in [0, 0.1) is 5.92 Å². The van der Waals surface area contributed by atoms with Crippen LogP contribution in [0.5, 0.6) is 5.75 Å². The summed E-state index contributed by atoms with van der Waals surface area (Å²) in [5.41, 5.74) is 0.438. The molecule has 9 heteroatoms. The first-order chi connectivity index (χ1) is 15.3. The molecule has 3 rings (SSSR count). The number of nitrogens with one attached hydrogen (secondary N) is 1. The monoisotopic (exact) mass is 573 g/mol. The molecule has 33 heavy (non-hydrogen) atoms. The fourth-order valence-electron chi connectivity index (χ4n) is 4.16. The van der Waals surface area contributed by atoms with Crippen LogP contribution in [0.15, 0.2) is 29.3 Å². The lowest BCUT2D eigenvalue weighted by Crippen LogP contribution is -2.52. The van der Waals surface area contributed by atoms with E-state index in [1.54, 1.807) is 6.07 Å². The minimum atomic E-state index is -0.456. The number of benzene rings is 1. The predicted molar refractivity (Wildman–Crippen MR) is 144 cm³/mol. The summed E-state index contributed by atoms with van der Waals surface area (Å²) in [5, 5.41) is 13.6. The van der Waals surface area contributed by atoms with E-state index in [1.165, 1.54) is 0 Å². The smallest absolute Gasteiger partial charge is 0.410 e. The summed E-state index contributed by atoms with van der Waals surface area (Å²) < 4.78 is 5.49. The van der Waals surface area contributed by atoms with Crippen molar-refractivity contribution in [3.05, 3.63) is 24.3 Å². The zero-order valence-electron chi connectivity index (χ0n) is 20.4. The standard InChI is InChI=1S/C24H39N5O3.HI/c1-5-25-22(28-16-14-27(15-17-28)20-8-6-7-9-21(20)30)26-18-19-10-12-29(13-11-19)23(31)32-24(2,3)4;/h6-9,19,30H,5,10-18H2,1-4H3,(H,25,26);1H. The lowest BCUT2D eigenvalue weighted by atomic mass is 9.97. The molecule has 2 aliphatic heterocycles. The van der Waals surface area contributed by atoms with Crippen molar-refractivity contribution in [3.8, 4) is 5.75 Å². The number of guanidine groups is 1. The van der Waals surface area contributed by atoms with Gasteiger partial charge < -0.3 is 29.9 Å². The quantitative estimate of drug-likeness (QED) is 0.325. The Hall–Kier alpha value is -1.91. The number of amides is 1. The number of nitrogens with zero attached hydrogens (tertiary/aromatic N) is 4. The summed E-state index contributed by atoms with van der Waals surface area (Å²) in [6, 6.07) is 7.51. The highest BCUT2D eigenvalue weighted by molar-refractivity contribution is 14.0. The number of aliphatic imine (C=N–C) groups is 1. The van der Waals surface area contributed by atoms with Gasteiger partial charge in [-0.05, 0) is 58.6 Å². The molecule has 2 aliphatic rings. The van der Waals surface area contributed by atoms with Crippen molar-refractivity contribution in [3.63, 3.8) is 0 Å². The van der Waals surface area contributed by atoms with E-state index in [1.807, 2.05) is 43.9 Å². The van der Waals surface area contributed by atoms with E-state index in [9.17, 15) is 9.90 Å². The van der Waals surface area contributed by atoms with Gasteiger partial charge in [0, 0.05) is 52.4 Å². The van der Waals surface area contributed by atoms with Gasteiger partial charge in [-0.25, -0.2) is 4.79 Å². The number of carbonyl (C=O) groups is 1. The highest BCUT2D eigenvalue weighted by atomic mass is 127. The number of halogens is 1. The molecule has 0 saturated carbocycles. The number of hydrogen-bond donors (Lipinski definition) is 2. The number of aromatic hydroxyl groups is 1. The summed E-state index contributed by atoms with van der Waals surface area (Å²) in [6.45, 7) is 14.2. The highest BCUT2D eigenvalue weighted by Crippen LogP contribution is 2.27. The summed E-state index contributed by atoms with van der Waals surface area (Å²) in [4.78, 5) is 23.5. The maximum absolute atomic E-state index is 12.3. The lowest BCUT2D eigenvalue weighted by Gasteiger charge is -2.38. The molecule has 2 N–H and O–H groups in total. The number of para-hydroxylation sites is 2. The molecule has 0 spiro atoms. The number of piperazine rings is 1. The average Bonchev–Trinajstić information content (AvgIpc) is 2.76. The minimum Gasteiger partial charge on any atom is -0.506 e. The van der Waals surface area contributed by atoms with Crippen molar-refractivity contribution < 1.29 is 14.6 Å². The fourth-order valence-corrected chi connectivity index (χ4v) is 4.16. The van der Waals surface area contributed by atoms with E-state index in [4.69, 9.17) is 9.73 Å². The average molecular weight is 574 g/mol. The van der Waals surface area contributed by atoms with Crippen LogP contribution in [0.25, 0.3) is 0 Å². The van der Waals surface area contributed by atoms with Crippen LogP contribution in [0.2, 0.25) is 0 Å². The Morgan fingerprint density at radius 2 is 1.73 bits per heavy atom. The molecular weight excluding hydrogens is 533 g/mol. The van der Waals surface area contributed by atoms with Crippen molar-refractivity contribution >= 4 is 41.7 Å². The van der Waals surface area contributed by atoms with E-state index in [0.717, 1.165) is 76.8 Å². The molecule has 1 aromatic rings. The summed E-state index contributed by atoms with van der Waals surface area (Å²) in [7, 11) is 0. The molecule has 2 saturated heterocycles. The molecular formula is C24H40IN5O3. The largest absolute Gasteiger partial charge is 0.506 e. The normalized spacial score (nSPS) is 18.1. The minimum absolute atomic E-state index is 0. The van der Waals surface area contributed by atoms with Crippen LogP contribution in [-0.2, 0) is 4.74 Å². The predicted octanol–water partition coefficient (Wildman–Crippen LogP) is 3.74. The third-order valence-electron chi connectivity index (χ3n) is 5.90. The van der Waals surface area contributed by atoms with Crippen molar-refractivity contribution in [1.82, 2.24) is 15.1 Å². The second-order valence-electron chi connectivity index (χ2n) is 9.57. The van der Waals surface area contributed by atoms with Crippen molar-refractivity contribution in [2.24, 2.45) is 10.9 Å². The van der Waals surface area contributed by atoms with Crippen LogP contribution in [0.4, 0.5) is 10.5 Å². The summed E-state index contributed by atoms with van der Waals surface area (Å²) in [6.07, 6.45) is 1.68. The van der Waals surface area contributed by atoms with Crippen LogP contribution >= 0.6 is 24.0 Å². The maximum Gasteiger partial charge on any atom is 0.410 e. The molecule has 8 nitrogen and oxygen atoms in total. The first kappa shape index (κ1) is 27.3. The van der Waals surface area contributed by atoms with Crippen LogP contribution in [-0.4, -0.2) is 84.9 Å². The topological polar surface area (TPSA) is 80.6 Å². The SMILES string of the molecule is CCNC(=NCC1CCN(C(=O)OC(C)(C)C)CC1)N1CCN(c2ccccc2O)CC1.I. The van der Waals surface area contributed by atoms with E-state index >= 15 is 0 Å². The van der Waals surface area contributed by atoms with Crippen LogP contribution in [0.1, 0.15) is 40.5 Å². The number of likely N-dealkylation sites (tertiary alicyclic amines) is 1. The number of piperidine rings is 1. The van der Waals surface area contributed by atoms with E-state index in [2.05, 4.69) is 22.0 Å². The molecule has 0 unspecified atom stereocenters. The van der Waals surface area contributed by atoms with Gasteiger partial charge in [-0.15, -0.1) is 24.0 Å². The molecule has 0 aliphatic carbocycles. The number of rotatable bonds is 4. The third kappa shape index (κ3) is 8.12. The van der Waals surface area contributed by atoms with Crippen LogP contribution in [0.3, 0.4) is 0 Å². The van der Waals surface area contributed by atoms with Gasteiger partial charge in [0.25, 0.3) is 0 Å². The van der Waals surface area contributed by atoms with Crippen molar-refractivity contribution in [2.75, 3.05) is 57.3 Å². The molecule has 0 radical (unpaired) electrons. The van der Waals surface area contributed by atoms with Gasteiger partial charge in [-0.1, -0.05) is 12.1 Å². The van der Waals surface area contributed by atoms with Gasteiger partial charge in [0.1, 0.15) is 11.4 Å². The molecule has 1 aromatic carbocycles. The van der Waals surface area contributed by atoms with Crippen molar-refractivity contribution in [1.29, 1.82) is 0 Å². The zero-order valence-corrected chi connectivity index (χ0v) is 22.7. The van der Waals surface area contributed by atoms with Gasteiger partial charge in [0.15, 0.2) is 5.96 Å². The van der Waals surface area contributed by atoms with E-state index < -0.39 is 5.60 Å². The first-order valence-electron chi connectivity index (χ1n) is 11.8. The number of phenols is 1. The summed E-state index contributed by atoms with van der Waals surface area (Å²) in [5.74, 6) is 1.77. The molecule has 1 amide bonds. The van der Waals surface area contributed by atoms with E-state index in [-0.39, 0.29) is 30.1 Å². The number of anilines is 1. The van der Waals surface area contributed by atoms with Crippen LogP contribution < -0.4 is 10.2 Å². The zero-order chi connectivity index (χ0) is 23.1. The number of carbonyl (C=O) groups excluding carboxylic acids is 1. The molecule has 2 heterocycles. The van der Waals surface area contributed by atoms with Crippen molar-refractivity contribution in [2.45, 2.75) is 46.1 Å². The third-order valence-corrected chi connectivity index (χ3v) is 5.90. The maximum atomic E-state index is 12.3. The lowest BCUT2D eigenvalue weighted by molar-refractivity contribution is 0.0187. The van der Waals surface area contributed by atoms with Gasteiger partial charge in [-0.3, -0.25) is 4.99 Å². The number of phenolic OH excluding ortho intramolecular Hbond substituents is 1.